The SMILES string of the molecule is CCOc1ccc(C(O)C2COC(C)C2)cc1. The fourth-order valence-corrected chi connectivity index (χ4v) is 2.27. The number of rotatable bonds is 4. The van der Waals surface area contributed by atoms with Crippen LogP contribution >= 0.6 is 0 Å². The zero-order valence-corrected chi connectivity index (χ0v) is 10.4. The summed E-state index contributed by atoms with van der Waals surface area (Å²) in [6.07, 6.45) is 0.752. The first-order chi connectivity index (χ1) is 8.20. The van der Waals surface area contributed by atoms with Crippen LogP contribution in [0.25, 0.3) is 0 Å². The highest BCUT2D eigenvalue weighted by Gasteiger charge is 2.29. The summed E-state index contributed by atoms with van der Waals surface area (Å²) in [6.45, 7) is 5.32. The van der Waals surface area contributed by atoms with E-state index >= 15 is 0 Å². The minimum absolute atomic E-state index is 0.211. The third kappa shape index (κ3) is 2.99. The van der Waals surface area contributed by atoms with Crippen LogP contribution in [0.15, 0.2) is 24.3 Å². The Kier molecular flexibility index (Phi) is 4.02. The van der Waals surface area contributed by atoms with Gasteiger partial charge in [0.1, 0.15) is 5.75 Å². The van der Waals surface area contributed by atoms with E-state index in [-0.39, 0.29) is 12.0 Å². The van der Waals surface area contributed by atoms with Crippen molar-refractivity contribution in [3.8, 4) is 5.75 Å². The molecule has 0 aromatic heterocycles. The van der Waals surface area contributed by atoms with Crippen molar-refractivity contribution in [1.29, 1.82) is 0 Å². The maximum Gasteiger partial charge on any atom is 0.119 e. The van der Waals surface area contributed by atoms with E-state index in [9.17, 15) is 5.11 Å². The molecule has 3 atom stereocenters. The minimum atomic E-state index is -0.435. The third-order valence-electron chi connectivity index (χ3n) is 3.21. The second kappa shape index (κ2) is 5.52. The predicted molar refractivity (Wildman–Crippen MR) is 66.1 cm³/mol. The van der Waals surface area contributed by atoms with E-state index in [0.717, 1.165) is 17.7 Å². The van der Waals surface area contributed by atoms with E-state index in [1.807, 2.05) is 38.1 Å². The molecule has 0 radical (unpaired) electrons. The van der Waals surface area contributed by atoms with Gasteiger partial charge in [0.2, 0.25) is 0 Å². The number of hydrogen-bond donors (Lipinski definition) is 1. The minimum Gasteiger partial charge on any atom is -0.494 e. The Morgan fingerprint density at radius 3 is 2.65 bits per heavy atom. The molecule has 17 heavy (non-hydrogen) atoms. The van der Waals surface area contributed by atoms with Crippen molar-refractivity contribution < 1.29 is 14.6 Å². The molecular weight excluding hydrogens is 216 g/mol. The molecule has 1 aliphatic heterocycles. The smallest absolute Gasteiger partial charge is 0.119 e. The van der Waals surface area contributed by atoms with Gasteiger partial charge in [-0.25, -0.2) is 0 Å². The molecular formula is C14H20O3. The highest BCUT2D eigenvalue weighted by atomic mass is 16.5. The second-order valence-corrected chi connectivity index (χ2v) is 4.59. The summed E-state index contributed by atoms with van der Waals surface area (Å²) in [5, 5.41) is 10.2. The van der Waals surface area contributed by atoms with Crippen LogP contribution in [0.2, 0.25) is 0 Å². The number of aliphatic hydroxyl groups is 1. The van der Waals surface area contributed by atoms with Crippen molar-refractivity contribution in [3.63, 3.8) is 0 Å². The summed E-state index contributed by atoms with van der Waals surface area (Å²) in [5.41, 5.74) is 0.941. The largest absolute Gasteiger partial charge is 0.494 e. The Labute approximate surface area is 102 Å². The van der Waals surface area contributed by atoms with Crippen LogP contribution in [0.3, 0.4) is 0 Å². The van der Waals surface area contributed by atoms with E-state index in [1.54, 1.807) is 0 Å². The van der Waals surface area contributed by atoms with Crippen LogP contribution < -0.4 is 4.74 Å². The quantitative estimate of drug-likeness (QED) is 0.873. The molecule has 2 rings (SSSR count). The lowest BCUT2D eigenvalue weighted by Crippen LogP contribution is -2.12. The Morgan fingerprint density at radius 1 is 1.41 bits per heavy atom. The molecule has 0 spiro atoms. The number of aliphatic hydroxyl groups excluding tert-OH is 1. The summed E-state index contributed by atoms with van der Waals surface area (Å²) in [5.74, 6) is 1.06. The number of hydrogen-bond acceptors (Lipinski definition) is 3. The summed E-state index contributed by atoms with van der Waals surface area (Å²) in [6, 6.07) is 7.67. The first-order valence-corrected chi connectivity index (χ1v) is 6.23. The van der Waals surface area contributed by atoms with Crippen molar-refractivity contribution >= 4 is 0 Å². The van der Waals surface area contributed by atoms with Crippen LogP contribution in [0.1, 0.15) is 31.9 Å². The Morgan fingerprint density at radius 2 is 2.12 bits per heavy atom. The molecule has 1 aromatic carbocycles. The molecule has 1 aliphatic rings. The van der Waals surface area contributed by atoms with Gasteiger partial charge in [0.25, 0.3) is 0 Å². The van der Waals surface area contributed by atoms with Gasteiger partial charge in [0, 0.05) is 5.92 Å². The van der Waals surface area contributed by atoms with E-state index in [2.05, 4.69) is 0 Å². The van der Waals surface area contributed by atoms with Crippen molar-refractivity contribution in [3.05, 3.63) is 29.8 Å². The molecule has 1 heterocycles. The van der Waals surface area contributed by atoms with Crippen molar-refractivity contribution in [2.24, 2.45) is 5.92 Å². The molecule has 0 saturated carbocycles. The van der Waals surface area contributed by atoms with Crippen molar-refractivity contribution in [2.45, 2.75) is 32.5 Å². The molecule has 0 bridgehead atoms. The van der Waals surface area contributed by atoms with Gasteiger partial charge in [-0.3, -0.25) is 0 Å². The first kappa shape index (κ1) is 12.4. The van der Waals surface area contributed by atoms with E-state index in [0.29, 0.717) is 13.2 Å². The molecule has 1 saturated heterocycles. The number of benzene rings is 1. The van der Waals surface area contributed by atoms with Gasteiger partial charge in [-0.1, -0.05) is 12.1 Å². The van der Waals surface area contributed by atoms with Gasteiger partial charge in [0.05, 0.1) is 25.4 Å². The predicted octanol–water partition coefficient (Wildman–Crippen LogP) is 2.54. The van der Waals surface area contributed by atoms with Gasteiger partial charge >= 0.3 is 0 Å². The summed E-state index contributed by atoms with van der Waals surface area (Å²) in [7, 11) is 0. The number of ether oxygens (including phenoxy) is 2. The summed E-state index contributed by atoms with van der Waals surface area (Å²) < 4.78 is 10.9. The van der Waals surface area contributed by atoms with E-state index < -0.39 is 6.10 Å². The Hall–Kier alpha value is -1.06. The zero-order chi connectivity index (χ0) is 12.3. The highest BCUT2D eigenvalue weighted by Crippen LogP contribution is 2.32. The average molecular weight is 236 g/mol. The van der Waals surface area contributed by atoms with Gasteiger partial charge < -0.3 is 14.6 Å². The van der Waals surface area contributed by atoms with Crippen LogP contribution in [-0.2, 0) is 4.74 Å². The molecule has 1 fully saturated rings. The van der Waals surface area contributed by atoms with Crippen LogP contribution in [-0.4, -0.2) is 24.4 Å². The molecule has 1 aromatic rings. The van der Waals surface area contributed by atoms with E-state index in [4.69, 9.17) is 9.47 Å². The van der Waals surface area contributed by atoms with Crippen molar-refractivity contribution in [1.82, 2.24) is 0 Å². The Bertz CT molecular complexity index is 347. The lowest BCUT2D eigenvalue weighted by molar-refractivity contribution is 0.0804. The fourth-order valence-electron chi connectivity index (χ4n) is 2.27. The van der Waals surface area contributed by atoms with Crippen LogP contribution in [0, 0.1) is 5.92 Å². The van der Waals surface area contributed by atoms with Crippen LogP contribution in [0.4, 0.5) is 0 Å². The maximum atomic E-state index is 10.2. The summed E-state index contributed by atoms with van der Waals surface area (Å²) >= 11 is 0. The monoisotopic (exact) mass is 236 g/mol. The molecule has 3 unspecified atom stereocenters. The standard InChI is InChI=1S/C14H20O3/c1-3-16-13-6-4-11(5-7-13)14(15)12-8-10(2)17-9-12/h4-7,10,12,14-15H,3,8-9H2,1-2H3. The Balaban J connectivity index is 2.01. The topological polar surface area (TPSA) is 38.7 Å². The normalized spacial score (nSPS) is 25.8. The molecule has 3 heteroatoms. The maximum absolute atomic E-state index is 10.2. The zero-order valence-electron chi connectivity index (χ0n) is 10.4. The van der Waals surface area contributed by atoms with Crippen molar-refractivity contribution in [2.75, 3.05) is 13.2 Å². The van der Waals surface area contributed by atoms with Gasteiger partial charge in [-0.05, 0) is 38.0 Å². The van der Waals surface area contributed by atoms with E-state index in [1.165, 1.54) is 0 Å². The lowest BCUT2D eigenvalue weighted by Gasteiger charge is -2.17. The van der Waals surface area contributed by atoms with Crippen LogP contribution in [0.5, 0.6) is 5.75 Å². The lowest BCUT2D eigenvalue weighted by atomic mass is 9.94. The van der Waals surface area contributed by atoms with Gasteiger partial charge in [0.15, 0.2) is 0 Å². The molecule has 0 amide bonds. The fraction of sp³-hybridized carbons (Fsp3) is 0.571. The average Bonchev–Trinajstić information content (AvgIpc) is 2.76. The molecule has 3 nitrogen and oxygen atoms in total. The molecule has 1 N–H and O–H groups in total. The molecule has 94 valence electrons. The first-order valence-electron chi connectivity index (χ1n) is 6.23. The highest BCUT2D eigenvalue weighted by molar-refractivity contribution is 5.28. The van der Waals surface area contributed by atoms with Gasteiger partial charge in [-0.2, -0.15) is 0 Å². The van der Waals surface area contributed by atoms with Gasteiger partial charge in [-0.15, -0.1) is 0 Å². The second-order valence-electron chi connectivity index (χ2n) is 4.59. The summed E-state index contributed by atoms with van der Waals surface area (Å²) in [4.78, 5) is 0. The molecule has 0 aliphatic carbocycles. The third-order valence-corrected chi connectivity index (χ3v) is 3.21.